The summed E-state index contributed by atoms with van der Waals surface area (Å²) in [6, 6.07) is 10.5. The molecule has 1 amide bonds. The Balaban J connectivity index is 1.73. The maximum absolute atomic E-state index is 12.8. The summed E-state index contributed by atoms with van der Waals surface area (Å²) in [7, 11) is 0. The first-order valence-electron chi connectivity index (χ1n) is 6.69. The van der Waals surface area contributed by atoms with Crippen molar-refractivity contribution in [1.29, 1.82) is 0 Å². The lowest BCUT2D eigenvalue weighted by molar-refractivity contribution is -0.121. The second-order valence-corrected chi connectivity index (χ2v) is 5.87. The average Bonchev–Trinajstić information content (AvgIpc) is 2.96. The van der Waals surface area contributed by atoms with Gasteiger partial charge < -0.3 is 5.32 Å². The van der Waals surface area contributed by atoms with Crippen molar-refractivity contribution in [3.63, 3.8) is 0 Å². The topological polar surface area (TPSA) is 29.1 Å². The molecule has 2 rings (SSSR count). The van der Waals surface area contributed by atoms with Crippen molar-refractivity contribution in [2.75, 3.05) is 6.54 Å². The van der Waals surface area contributed by atoms with Crippen LogP contribution >= 0.6 is 11.3 Å². The summed E-state index contributed by atoms with van der Waals surface area (Å²) >= 11 is 1.67. The van der Waals surface area contributed by atoms with Crippen molar-refractivity contribution >= 4 is 17.2 Å². The van der Waals surface area contributed by atoms with Gasteiger partial charge in [-0.05, 0) is 41.5 Å². The van der Waals surface area contributed by atoms with Gasteiger partial charge >= 0.3 is 0 Å². The Morgan fingerprint density at radius 1 is 1.30 bits per heavy atom. The number of carbonyl (C=O) groups is 1. The Labute approximate surface area is 122 Å². The summed E-state index contributed by atoms with van der Waals surface area (Å²) in [4.78, 5) is 13.0. The number of hydrogen-bond donors (Lipinski definition) is 1. The van der Waals surface area contributed by atoms with Crippen LogP contribution in [0.4, 0.5) is 4.39 Å². The largest absolute Gasteiger partial charge is 0.355 e. The predicted octanol–water partition coefficient (Wildman–Crippen LogP) is 3.74. The molecule has 0 saturated carbocycles. The summed E-state index contributed by atoms with van der Waals surface area (Å²) in [6.45, 7) is 2.60. The van der Waals surface area contributed by atoms with Crippen LogP contribution in [-0.2, 0) is 11.2 Å². The SMILES string of the molecule is CC(CNC(=O)CCc1cccs1)c1ccc(F)cc1. The van der Waals surface area contributed by atoms with E-state index in [1.165, 1.54) is 17.0 Å². The Kier molecular flexibility index (Phi) is 5.30. The van der Waals surface area contributed by atoms with Crippen LogP contribution in [0.15, 0.2) is 41.8 Å². The molecule has 4 heteroatoms. The Morgan fingerprint density at radius 3 is 2.70 bits per heavy atom. The molecule has 0 fully saturated rings. The van der Waals surface area contributed by atoms with Gasteiger partial charge in [0.1, 0.15) is 5.82 Å². The first-order valence-corrected chi connectivity index (χ1v) is 7.57. The summed E-state index contributed by atoms with van der Waals surface area (Å²) in [5.74, 6) is 0.00887. The lowest BCUT2D eigenvalue weighted by Crippen LogP contribution is -2.27. The van der Waals surface area contributed by atoms with Crippen LogP contribution in [0.2, 0.25) is 0 Å². The van der Waals surface area contributed by atoms with Crippen molar-refractivity contribution in [3.8, 4) is 0 Å². The highest BCUT2D eigenvalue weighted by Crippen LogP contribution is 2.15. The number of thiophene rings is 1. The molecule has 2 aromatic rings. The van der Waals surface area contributed by atoms with Crippen LogP contribution in [-0.4, -0.2) is 12.5 Å². The van der Waals surface area contributed by atoms with E-state index in [1.54, 1.807) is 23.5 Å². The molecule has 2 nitrogen and oxygen atoms in total. The van der Waals surface area contributed by atoms with Gasteiger partial charge in [0, 0.05) is 17.8 Å². The molecule has 1 atom stereocenters. The summed E-state index contributed by atoms with van der Waals surface area (Å²) in [5, 5.41) is 4.95. The molecule has 0 aliphatic carbocycles. The van der Waals surface area contributed by atoms with Gasteiger partial charge in [-0.25, -0.2) is 4.39 Å². The molecule has 1 heterocycles. The van der Waals surface area contributed by atoms with Crippen LogP contribution in [0, 0.1) is 5.82 Å². The molecule has 0 aliphatic rings. The number of aryl methyl sites for hydroxylation is 1. The fraction of sp³-hybridized carbons (Fsp3) is 0.312. The summed E-state index contributed by atoms with van der Waals surface area (Å²) in [5.41, 5.74) is 1.03. The van der Waals surface area contributed by atoms with E-state index in [9.17, 15) is 9.18 Å². The van der Waals surface area contributed by atoms with E-state index in [4.69, 9.17) is 0 Å². The number of amides is 1. The molecular formula is C16H18FNOS. The third kappa shape index (κ3) is 4.46. The smallest absolute Gasteiger partial charge is 0.220 e. The van der Waals surface area contributed by atoms with Gasteiger partial charge in [0.25, 0.3) is 0 Å². The molecule has 1 aromatic heterocycles. The number of hydrogen-bond acceptors (Lipinski definition) is 2. The van der Waals surface area contributed by atoms with E-state index in [1.807, 2.05) is 24.4 Å². The van der Waals surface area contributed by atoms with Crippen molar-refractivity contribution in [3.05, 3.63) is 58.0 Å². The monoisotopic (exact) mass is 291 g/mol. The van der Waals surface area contributed by atoms with Gasteiger partial charge in [0.2, 0.25) is 5.91 Å². The standard InChI is InChI=1S/C16H18FNOS/c1-12(13-4-6-14(17)7-5-13)11-18-16(19)9-8-15-3-2-10-20-15/h2-7,10,12H,8-9,11H2,1H3,(H,18,19). The maximum atomic E-state index is 12.8. The Morgan fingerprint density at radius 2 is 2.05 bits per heavy atom. The summed E-state index contributed by atoms with van der Waals surface area (Å²) < 4.78 is 12.8. The fourth-order valence-electron chi connectivity index (χ4n) is 1.96. The minimum absolute atomic E-state index is 0.0624. The molecular weight excluding hydrogens is 273 g/mol. The first kappa shape index (κ1) is 14.7. The summed E-state index contributed by atoms with van der Waals surface area (Å²) in [6.07, 6.45) is 1.30. The zero-order chi connectivity index (χ0) is 14.4. The first-order chi connectivity index (χ1) is 9.65. The molecule has 0 spiro atoms. The van der Waals surface area contributed by atoms with Crippen molar-refractivity contribution in [2.24, 2.45) is 0 Å². The molecule has 1 aromatic carbocycles. The Bertz CT molecular complexity index is 536. The lowest BCUT2D eigenvalue weighted by atomic mass is 10.0. The van der Waals surface area contributed by atoms with Gasteiger partial charge in [0.15, 0.2) is 0 Å². The molecule has 0 saturated heterocycles. The highest BCUT2D eigenvalue weighted by atomic mass is 32.1. The quantitative estimate of drug-likeness (QED) is 0.863. The van der Waals surface area contributed by atoms with Crippen LogP contribution in [0.1, 0.15) is 29.7 Å². The highest BCUT2D eigenvalue weighted by molar-refractivity contribution is 7.09. The third-order valence-corrected chi connectivity index (χ3v) is 4.16. The predicted molar refractivity (Wildman–Crippen MR) is 80.5 cm³/mol. The molecule has 0 bridgehead atoms. The second kappa shape index (κ2) is 7.20. The van der Waals surface area contributed by atoms with Crippen LogP contribution in [0.5, 0.6) is 0 Å². The van der Waals surface area contributed by atoms with Crippen LogP contribution in [0.25, 0.3) is 0 Å². The third-order valence-electron chi connectivity index (χ3n) is 3.22. The zero-order valence-corrected chi connectivity index (χ0v) is 12.3. The number of halogens is 1. The number of carbonyl (C=O) groups excluding carboxylic acids is 1. The van der Waals surface area contributed by atoms with Gasteiger partial charge in [-0.1, -0.05) is 25.1 Å². The van der Waals surface area contributed by atoms with Crippen molar-refractivity contribution in [2.45, 2.75) is 25.7 Å². The second-order valence-electron chi connectivity index (χ2n) is 4.84. The average molecular weight is 291 g/mol. The van der Waals surface area contributed by atoms with E-state index in [0.29, 0.717) is 13.0 Å². The van der Waals surface area contributed by atoms with Gasteiger partial charge in [-0.2, -0.15) is 0 Å². The maximum Gasteiger partial charge on any atom is 0.220 e. The molecule has 1 N–H and O–H groups in total. The van der Waals surface area contributed by atoms with Crippen molar-refractivity contribution in [1.82, 2.24) is 5.32 Å². The molecule has 20 heavy (non-hydrogen) atoms. The van der Waals surface area contributed by atoms with E-state index < -0.39 is 0 Å². The zero-order valence-electron chi connectivity index (χ0n) is 11.4. The minimum Gasteiger partial charge on any atom is -0.355 e. The highest BCUT2D eigenvalue weighted by Gasteiger charge is 2.08. The van der Waals surface area contributed by atoms with Gasteiger partial charge in [0.05, 0.1) is 0 Å². The van der Waals surface area contributed by atoms with Crippen LogP contribution in [0.3, 0.4) is 0 Å². The number of benzene rings is 1. The number of rotatable bonds is 6. The van der Waals surface area contributed by atoms with Gasteiger partial charge in [-0.15, -0.1) is 11.3 Å². The molecule has 0 aliphatic heterocycles. The van der Waals surface area contributed by atoms with E-state index in [2.05, 4.69) is 5.32 Å². The normalized spacial score (nSPS) is 12.1. The fourth-order valence-corrected chi connectivity index (χ4v) is 2.67. The molecule has 1 unspecified atom stereocenters. The molecule has 106 valence electrons. The van der Waals surface area contributed by atoms with Crippen molar-refractivity contribution < 1.29 is 9.18 Å². The van der Waals surface area contributed by atoms with E-state index in [-0.39, 0.29) is 17.6 Å². The minimum atomic E-state index is -0.235. The lowest BCUT2D eigenvalue weighted by Gasteiger charge is -2.13. The van der Waals surface area contributed by atoms with E-state index in [0.717, 1.165) is 12.0 Å². The van der Waals surface area contributed by atoms with Crippen LogP contribution < -0.4 is 5.32 Å². The van der Waals surface area contributed by atoms with E-state index >= 15 is 0 Å². The Hall–Kier alpha value is -1.68. The number of nitrogens with one attached hydrogen (secondary N) is 1. The van der Waals surface area contributed by atoms with Gasteiger partial charge in [-0.3, -0.25) is 4.79 Å². The molecule has 0 radical (unpaired) electrons.